The molecule has 0 amide bonds. The SMILES string of the molecule is CC1=C(C(C)C)/C(=C/C(C)=C\CO)CCC1. The van der Waals surface area contributed by atoms with E-state index in [-0.39, 0.29) is 6.61 Å². The van der Waals surface area contributed by atoms with Crippen LogP contribution in [0.4, 0.5) is 0 Å². The summed E-state index contributed by atoms with van der Waals surface area (Å²) < 4.78 is 0. The molecule has 0 aromatic carbocycles. The summed E-state index contributed by atoms with van der Waals surface area (Å²) in [5, 5.41) is 8.88. The Kier molecular flexibility index (Phi) is 5.01. The van der Waals surface area contributed by atoms with Crippen molar-refractivity contribution < 1.29 is 5.11 Å². The lowest BCUT2D eigenvalue weighted by molar-refractivity contribution is 0.342. The molecule has 1 nitrogen and oxygen atoms in total. The van der Waals surface area contributed by atoms with Crippen LogP contribution in [0.3, 0.4) is 0 Å². The number of aliphatic hydroxyl groups is 1. The first-order valence-electron chi connectivity index (χ1n) is 6.24. The molecule has 1 aliphatic carbocycles. The van der Waals surface area contributed by atoms with Gasteiger partial charge in [0.25, 0.3) is 0 Å². The van der Waals surface area contributed by atoms with Gasteiger partial charge in [-0.2, -0.15) is 0 Å². The maximum Gasteiger partial charge on any atom is 0.0617 e. The summed E-state index contributed by atoms with van der Waals surface area (Å²) in [5.41, 5.74) is 5.73. The molecule has 0 aromatic heterocycles. The van der Waals surface area contributed by atoms with Crippen molar-refractivity contribution in [2.75, 3.05) is 6.61 Å². The van der Waals surface area contributed by atoms with Crippen molar-refractivity contribution in [3.63, 3.8) is 0 Å². The van der Waals surface area contributed by atoms with E-state index in [9.17, 15) is 0 Å². The maximum atomic E-state index is 8.88. The largest absolute Gasteiger partial charge is 0.392 e. The van der Waals surface area contributed by atoms with Crippen molar-refractivity contribution in [1.29, 1.82) is 0 Å². The van der Waals surface area contributed by atoms with Gasteiger partial charge in [0.2, 0.25) is 0 Å². The quantitative estimate of drug-likeness (QED) is 0.762. The second kappa shape index (κ2) is 6.05. The highest BCUT2D eigenvalue weighted by Crippen LogP contribution is 2.34. The summed E-state index contributed by atoms with van der Waals surface area (Å²) in [6.45, 7) is 8.99. The van der Waals surface area contributed by atoms with Gasteiger partial charge in [0.1, 0.15) is 0 Å². The van der Waals surface area contributed by atoms with Gasteiger partial charge in [-0.05, 0) is 50.2 Å². The summed E-state index contributed by atoms with van der Waals surface area (Å²) in [7, 11) is 0. The van der Waals surface area contributed by atoms with Crippen LogP contribution in [-0.2, 0) is 0 Å². The van der Waals surface area contributed by atoms with Gasteiger partial charge in [0, 0.05) is 0 Å². The summed E-state index contributed by atoms with van der Waals surface area (Å²) in [4.78, 5) is 0. The summed E-state index contributed by atoms with van der Waals surface area (Å²) in [6.07, 6.45) is 7.80. The Balaban J connectivity index is 3.03. The van der Waals surface area contributed by atoms with Crippen LogP contribution in [-0.4, -0.2) is 11.7 Å². The average Bonchev–Trinajstić information content (AvgIpc) is 2.17. The molecule has 0 aliphatic heterocycles. The molecule has 0 unspecified atom stereocenters. The molecule has 0 bridgehead atoms. The van der Waals surface area contributed by atoms with E-state index in [0.29, 0.717) is 5.92 Å². The van der Waals surface area contributed by atoms with Gasteiger partial charge in [-0.15, -0.1) is 0 Å². The predicted molar refractivity (Wildman–Crippen MR) is 70.3 cm³/mol. The fourth-order valence-corrected chi connectivity index (χ4v) is 2.58. The van der Waals surface area contributed by atoms with Crippen molar-refractivity contribution in [1.82, 2.24) is 0 Å². The Hall–Kier alpha value is -0.820. The minimum atomic E-state index is 0.134. The van der Waals surface area contributed by atoms with Gasteiger partial charge in [-0.1, -0.05) is 37.1 Å². The van der Waals surface area contributed by atoms with Crippen molar-refractivity contribution in [3.05, 3.63) is 34.4 Å². The van der Waals surface area contributed by atoms with Gasteiger partial charge < -0.3 is 5.11 Å². The van der Waals surface area contributed by atoms with E-state index in [0.717, 1.165) is 0 Å². The van der Waals surface area contributed by atoms with Crippen LogP contribution in [0.25, 0.3) is 0 Å². The van der Waals surface area contributed by atoms with Crippen LogP contribution in [0.1, 0.15) is 47.0 Å². The zero-order valence-electron chi connectivity index (χ0n) is 11.0. The van der Waals surface area contributed by atoms with E-state index in [4.69, 9.17) is 5.11 Å². The standard InChI is InChI=1S/C15H24O/c1-11(2)15-13(4)6-5-7-14(15)10-12(3)8-9-16/h8,10-11,16H,5-7,9H2,1-4H3/b12-8-,14-10+. The fourth-order valence-electron chi connectivity index (χ4n) is 2.58. The third-order valence-corrected chi connectivity index (χ3v) is 3.20. The average molecular weight is 220 g/mol. The van der Waals surface area contributed by atoms with Crippen molar-refractivity contribution in [2.24, 2.45) is 5.92 Å². The number of allylic oxidation sites excluding steroid dienone is 5. The van der Waals surface area contributed by atoms with E-state index < -0.39 is 0 Å². The molecule has 1 heteroatoms. The van der Waals surface area contributed by atoms with Crippen LogP contribution in [0, 0.1) is 5.92 Å². The molecular weight excluding hydrogens is 196 g/mol. The normalized spacial score (nSPS) is 21.1. The Morgan fingerprint density at radius 3 is 2.62 bits per heavy atom. The minimum absolute atomic E-state index is 0.134. The molecule has 1 aliphatic rings. The molecule has 0 heterocycles. The van der Waals surface area contributed by atoms with Crippen LogP contribution >= 0.6 is 0 Å². The molecule has 0 saturated carbocycles. The smallest absolute Gasteiger partial charge is 0.0617 e. The predicted octanol–water partition coefficient (Wildman–Crippen LogP) is 4.01. The highest BCUT2D eigenvalue weighted by atomic mass is 16.2. The lowest BCUT2D eigenvalue weighted by Crippen LogP contribution is -2.07. The van der Waals surface area contributed by atoms with E-state index in [1.165, 1.54) is 36.0 Å². The zero-order valence-corrected chi connectivity index (χ0v) is 11.0. The summed E-state index contributed by atoms with van der Waals surface area (Å²) in [6, 6.07) is 0. The van der Waals surface area contributed by atoms with Crippen molar-refractivity contribution in [3.8, 4) is 0 Å². The van der Waals surface area contributed by atoms with E-state index >= 15 is 0 Å². The third-order valence-electron chi connectivity index (χ3n) is 3.20. The Labute approximate surface area is 99.6 Å². The molecule has 1 N–H and O–H groups in total. The molecule has 90 valence electrons. The zero-order chi connectivity index (χ0) is 12.1. The van der Waals surface area contributed by atoms with Crippen molar-refractivity contribution in [2.45, 2.75) is 47.0 Å². The number of rotatable bonds is 3. The number of hydrogen-bond donors (Lipinski definition) is 1. The molecule has 0 radical (unpaired) electrons. The van der Waals surface area contributed by atoms with Gasteiger partial charge in [-0.25, -0.2) is 0 Å². The summed E-state index contributed by atoms with van der Waals surface area (Å²) in [5.74, 6) is 0.605. The van der Waals surface area contributed by atoms with Gasteiger partial charge in [0.05, 0.1) is 6.61 Å². The fraction of sp³-hybridized carbons (Fsp3) is 0.600. The lowest BCUT2D eigenvalue weighted by Gasteiger charge is -2.24. The van der Waals surface area contributed by atoms with Crippen LogP contribution in [0.5, 0.6) is 0 Å². The number of aliphatic hydroxyl groups excluding tert-OH is 1. The van der Waals surface area contributed by atoms with Crippen LogP contribution < -0.4 is 0 Å². The molecule has 0 atom stereocenters. The molecule has 0 spiro atoms. The molecule has 16 heavy (non-hydrogen) atoms. The molecule has 0 aromatic rings. The lowest BCUT2D eigenvalue weighted by atomic mass is 9.81. The first kappa shape index (κ1) is 13.2. The summed E-state index contributed by atoms with van der Waals surface area (Å²) >= 11 is 0. The van der Waals surface area contributed by atoms with Gasteiger partial charge in [-0.3, -0.25) is 0 Å². The molecule has 0 saturated heterocycles. The van der Waals surface area contributed by atoms with E-state index in [1.807, 2.05) is 6.08 Å². The Morgan fingerprint density at radius 2 is 2.06 bits per heavy atom. The van der Waals surface area contributed by atoms with Gasteiger partial charge in [0.15, 0.2) is 0 Å². The van der Waals surface area contributed by atoms with Crippen LogP contribution in [0.15, 0.2) is 34.4 Å². The Morgan fingerprint density at radius 1 is 1.38 bits per heavy atom. The Bertz CT molecular complexity index is 329. The first-order chi connectivity index (χ1) is 7.56. The van der Waals surface area contributed by atoms with Crippen LogP contribution in [0.2, 0.25) is 0 Å². The first-order valence-corrected chi connectivity index (χ1v) is 6.24. The highest BCUT2D eigenvalue weighted by Gasteiger charge is 2.17. The molecule has 1 rings (SSSR count). The maximum absolute atomic E-state index is 8.88. The van der Waals surface area contributed by atoms with E-state index in [1.54, 1.807) is 5.57 Å². The molecular formula is C15H24O. The minimum Gasteiger partial charge on any atom is -0.392 e. The topological polar surface area (TPSA) is 20.2 Å². The third kappa shape index (κ3) is 3.34. The van der Waals surface area contributed by atoms with Gasteiger partial charge >= 0.3 is 0 Å². The monoisotopic (exact) mass is 220 g/mol. The van der Waals surface area contributed by atoms with E-state index in [2.05, 4.69) is 33.8 Å². The second-order valence-corrected chi connectivity index (χ2v) is 5.00. The highest BCUT2D eigenvalue weighted by molar-refractivity contribution is 5.42. The number of hydrogen-bond acceptors (Lipinski definition) is 1. The second-order valence-electron chi connectivity index (χ2n) is 5.00. The van der Waals surface area contributed by atoms with Crippen molar-refractivity contribution >= 4 is 0 Å². The molecule has 0 fully saturated rings.